The number of hydrogen-bond acceptors (Lipinski definition) is 4. The fourth-order valence-corrected chi connectivity index (χ4v) is 1.16. The van der Waals surface area contributed by atoms with E-state index in [0.717, 1.165) is 17.8 Å². The molecule has 0 saturated carbocycles. The van der Waals surface area contributed by atoms with Crippen LogP contribution in [0.2, 0.25) is 0 Å². The predicted molar refractivity (Wildman–Crippen MR) is 41.2 cm³/mol. The van der Waals surface area contributed by atoms with Crippen LogP contribution in [0, 0.1) is 11.3 Å². The second-order valence-corrected chi connectivity index (χ2v) is 2.30. The molecular weight excluding hydrogens is 140 g/mol. The Morgan fingerprint density at radius 3 is 3.36 bits per heavy atom. The average molecular weight is 146 g/mol. The van der Waals surface area contributed by atoms with E-state index in [1.807, 2.05) is 6.07 Å². The van der Waals surface area contributed by atoms with E-state index in [9.17, 15) is 0 Å². The molecule has 0 aromatic rings. The summed E-state index contributed by atoms with van der Waals surface area (Å²) in [7, 11) is 0. The maximum atomic E-state index is 8.64. The van der Waals surface area contributed by atoms with Crippen LogP contribution in [-0.2, 0) is 0 Å². The van der Waals surface area contributed by atoms with Gasteiger partial charge in [-0.1, -0.05) is 0 Å². The van der Waals surface area contributed by atoms with Gasteiger partial charge in [0.05, 0.1) is 0 Å². The van der Waals surface area contributed by atoms with E-state index in [1.54, 1.807) is 6.21 Å². The van der Waals surface area contributed by atoms with Crippen molar-refractivity contribution in [3.8, 4) is 6.07 Å². The Hall–Kier alpha value is -1.63. The molecule has 11 heavy (non-hydrogen) atoms. The third-order valence-electron chi connectivity index (χ3n) is 1.68. The molecule has 2 aliphatic heterocycles. The highest BCUT2D eigenvalue weighted by atomic mass is 15.1. The highest BCUT2D eigenvalue weighted by Crippen LogP contribution is 2.17. The summed E-state index contributed by atoms with van der Waals surface area (Å²) < 4.78 is 0. The molecule has 2 rings (SSSR count). The van der Waals surface area contributed by atoms with Crippen molar-refractivity contribution < 1.29 is 0 Å². The number of allylic oxidation sites excluding steroid dienone is 1. The molecule has 0 unspecified atom stereocenters. The molecule has 0 aromatic carbocycles. The van der Waals surface area contributed by atoms with Gasteiger partial charge in [-0.2, -0.15) is 5.26 Å². The number of nitrogens with zero attached hydrogens (tertiary/aromatic N) is 3. The Labute approximate surface area is 64.0 Å². The smallest absolute Gasteiger partial charge is 0.144 e. The predicted octanol–water partition coefficient (Wildman–Crippen LogP) is 0.198. The van der Waals surface area contributed by atoms with E-state index in [4.69, 9.17) is 5.26 Å². The molecule has 0 radical (unpaired) electrons. The quantitative estimate of drug-likeness (QED) is 0.530. The zero-order valence-electron chi connectivity index (χ0n) is 5.83. The Morgan fingerprint density at radius 2 is 2.55 bits per heavy atom. The van der Waals surface area contributed by atoms with Crippen LogP contribution < -0.4 is 5.32 Å². The molecule has 1 N–H and O–H groups in total. The van der Waals surface area contributed by atoms with Gasteiger partial charge in [-0.25, -0.2) is 4.99 Å². The SMILES string of the molecule is N#CC1=NCNC2=C1CC=N2. The Balaban J connectivity index is 2.41. The van der Waals surface area contributed by atoms with Crippen LogP contribution in [0.5, 0.6) is 0 Å². The number of hydrogen-bond donors (Lipinski definition) is 1. The third kappa shape index (κ3) is 0.819. The molecule has 0 amide bonds. The van der Waals surface area contributed by atoms with Crippen LogP contribution in [0.3, 0.4) is 0 Å². The fourth-order valence-electron chi connectivity index (χ4n) is 1.16. The molecule has 0 aromatic heterocycles. The van der Waals surface area contributed by atoms with Gasteiger partial charge < -0.3 is 5.32 Å². The maximum Gasteiger partial charge on any atom is 0.144 e. The average Bonchev–Trinajstić information content (AvgIpc) is 2.50. The van der Waals surface area contributed by atoms with Gasteiger partial charge in [0, 0.05) is 18.2 Å². The minimum atomic E-state index is 0.471. The summed E-state index contributed by atoms with van der Waals surface area (Å²) in [5.74, 6) is 0.816. The van der Waals surface area contributed by atoms with Crippen LogP contribution in [-0.4, -0.2) is 18.6 Å². The summed E-state index contributed by atoms with van der Waals surface area (Å²) >= 11 is 0. The van der Waals surface area contributed by atoms with Gasteiger partial charge in [-0.15, -0.1) is 0 Å². The van der Waals surface area contributed by atoms with E-state index >= 15 is 0 Å². The largest absolute Gasteiger partial charge is 0.351 e. The summed E-state index contributed by atoms with van der Waals surface area (Å²) in [5.41, 5.74) is 1.45. The summed E-state index contributed by atoms with van der Waals surface area (Å²) in [6.45, 7) is 0.471. The van der Waals surface area contributed by atoms with E-state index in [-0.39, 0.29) is 0 Å². The van der Waals surface area contributed by atoms with Gasteiger partial charge in [-0.3, -0.25) is 4.99 Å². The third-order valence-corrected chi connectivity index (χ3v) is 1.68. The summed E-state index contributed by atoms with van der Waals surface area (Å²) in [4.78, 5) is 8.06. The maximum absolute atomic E-state index is 8.64. The van der Waals surface area contributed by atoms with Crippen molar-refractivity contribution in [1.82, 2.24) is 5.32 Å². The lowest BCUT2D eigenvalue weighted by Gasteiger charge is -2.10. The zero-order valence-corrected chi connectivity index (χ0v) is 5.83. The topological polar surface area (TPSA) is 60.5 Å². The Bertz CT molecular complexity index is 316. The number of rotatable bonds is 0. The normalized spacial score (nSPS) is 20.5. The molecule has 2 heterocycles. The van der Waals surface area contributed by atoms with E-state index in [0.29, 0.717) is 12.4 Å². The van der Waals surface area contributed by atoms with Crippen molar-refractivity contribution in [3.63, 3.8) is 0 Å². The van der Waals surface area contributed by atoms with Gasteiger partial charge in [0.15, 0.2) is 0 Å². The van der Waals surface area contributed by atoms with Crippen molar-refractivity contribution in [2.45, 2.75) is 6.42 Å². The molecule has 2 aliphatic rings. The van der Waals surface area contributed by atoms with E-state index in [1.165, 1.54) is 0 Å². The van der Waals surface area contributed by atoms with E-state index < -0.39 is 0 Å². The lowest BCUT2D eigenvalue weighted by Crippen LogP contribution is -2.21. The van der Waals surface area contributed by atoms with Crippen LogP contribution in [0.15, 0.2) is 21.4 Å². The molecule has 0 spiro atoms. The molecule has 0 aliphatic carbocycles. The monoisotopic (exact) mass is 146 g/mol. The second-order valence-electron chi connectivity index (χ2n) is 2.30. The number of aliphatic imine (C=N–C) groups is 2. The zero-order chi connectivity index (χ0) is 7.68. The summed E-state index contributed by atoms with van der Waals surface area (Å²) in [6, 6.07) is 2.05. The second kappa shape index (κ2) is 2.20. The van der Waals surface area contributed by atoms with Crippen LogP contribution in [0.25, 0.3) is 0 Å². The number of nitrogens with one attached hydrogen (secondary N) is 1. The lowest BCUT2D eigenvalue weighted by molar-refractivity contribution is 0.800. The van der Waals surface area contributed by atoms with Crippen molar-refractivity contribution in [1.29, 1.82) is 5.26 Å². The highest BCUT2D eigenvalue weighted by Gasteiger charge is 2.18. The van der Waals surface area contributed by atoms with Gasteiger partial charge >= 0.3 is 0 Å². The van der Waals surface area contributed by atoms with Gasteiger partial charge in [0.2, 0.25) is 0 Å². The van der Waals surface area contributed by atoms with Crippen LogP contribution in [0.1, 0.15) is 6.42 Å². The highest BCUT2D eigenvalue weighted by molar-refractivity contribution is 6.14. The van der Waals surface area contributed by atoms with Crippen molar-refractivity contribution in [2.75, 3.05) is 6.67 Å². The summed E-state index contributed by atoms with van der Waals surface area (Å²) in [5, 5.41) is 11.6. The first-order valence-electron chi connectivity index (χ1n) is 3.36. The van der Waals surface area contributed by atoms with Gasteiger partial charge in [0.25, 0.3) is 0 Å². The van der Waals surface area contributed by atoms with Gasteiger partial charge in [0.1, 0.15) is 24.3 Å². The molecule has 0 bridgehead atoms. The molecule has 54 valence electrons. The van der Waals surface area contributed by atoms with Crippen molar-refractivity contribution in [3.05, 3.63) is 11.4 Å². The minimum absolute atomic E-state index is 0.471. The standard InChI is InChI=1S/C7H6N4/c8-3-6-5-1-2-9-7(5)11-4-10-6/h2,11H,1,4H2. The van der Waals surface area contributed by atoms with Crippen molar-refractivity contribution in [2.24, 2.45) is 9.98 Å². The molecule has 4 nitrogen and oxygen atoms in total. The van der Waals surface area contributed by atoms with Crippen LogP contribution >= 0.6 is 0 Å². The first-order valence-corrected chi connectivity index (χ1v) is 3.36. The summed E-state index contributed by atoms with van der Waals surface area (Å²) in [6.07, 6.45) is 2.52. The minimum Gasteiger partial charge on any atom is -0.351 e. The van der Waals surface area contributed by atoms with Crippen molar-refractivity contribution >= 4 is 11.9 Å². The molecular formula is C7H6N4. The first kappa shape index (κ1) is 6.10. The fraction of sp³-hybridized carbons (Fsp3) is 0.286. The van der Waals surface area contributed by atoms with E-state index in [2.05, 4.69) is 15.3 Å². The Morgan fingerprint density at radius 1 is 1.64 bits per heavy atom. The molecule has 0 atom stereocenters. The first-order chi connectivity index (χ1) is 5.42. The Kier molecular flexibility index (Phi) is 1.22. The number of nitriles is 1. The van der Waals surface area contributed by atoms with Gasteiger partial charge in [-0.05, 0) is 0 Å². The molecule has 0 fully saturated rings. The molecule has 0 saturated heterocycles. The molecule has 4 heteroatoms. The lowest BCUT2D eigenvalue weighted by atomic mass is 10.1. The van der Waals surface area contributed by atoms with Crippen LogP contribution in [0.4, 0.5) is 0 Å².